The molecule has 1 amide bonds. The standard InChI is InChI=1S/C25H37F3N4O4/c1-23(2,34)24(7-4-17(15-24)14-18-6-13-36-16-19(18)35-3)21(33)31-9-11-32(12-10-31)22-29-8-5-20(30-22)25(26,27)28/h5,8,17-19,34H,4,6-7,9-16H2,1-3H3/t17-,18?,19?,24+/m0/s1. The van der Waals surface area contributed by atoms with Crippen molar-refractivity contribution in [3.05, 3.63) is 18.0 Å². The molecular weight excluding hydrogens is 477 g/mol. The number of piperazine rings is 1. The molecule has 1 aromatic heterocycles. The molecule has 2 aliphatic heterocycles. The number of halogens is 3. The van der Waals surface area contributed by atoms with Gasteiger partial charge in [-0.05, 0) is 63.9 Å². The van der Waals surface area contributed by atoms with E-state index in [1.165, 1.54) is 0 Å². The Morgan fingerprint density at radius 2 is 1.97 bits per heavy atom. The van der Waals surface area contributed by atoms with Crippen LogP contribution in [0.5, 0.6) is 0 Å². The Morgan fingerprint density at radius 1 is 1.25 bits per heavy atom. The third-order valence-electron chi connectivity index (χ3n) is 8.36. The summed E-state index contributed by atoms with van der Waals surface area (Å²) in [4.78, 5) is 25.0. The van der Waals surface area contributed by atoms with Crippen LogP contribution in [0.3, 0.4) is 0 Å². The van der Waals surface area contributed by atoms with Gasteiger partial charge in [-0.25, -0.2) is 9.97 Å². The molecule has 0 bridgehead atoms. The van der Waals surface area contributed by atoms with Gasteiger partial charge in [0.25, 0.3) is 0 Å². The van der Waals surface area contributed by atoms with E-state index >= 15 is 0 Å². The maximum Gasteiger partial charge on any atom is 0.433 e. The van der Waals surface area contributed by atoms with Gasteiger partial charge in [0.05, 0.1) is 23.7 Å². The number of methoxy groups -OCH3 is 1. The predicted molar refractivity (Wildman–Crippen MR) is 126 cm³/mol. The molecule has 1 aliphatic carbocycles. The average Bonchev–Trinajstić information content (AvgIpc) is 3.29. The van der Waals surface area contributed by atoms with Crippen molar-refractivity contribution in [2.45, 2.75) is 63.8 Å². The minimum atomic E-state index is -4.54. The Morgan fingerprint density at radius 3 is 2.61 bits per heavy atom. The van der Waals surface area contributed by atoms with Gasteiger partial charge in [0.15, 0.2) is 0 Å². The lowest BCUT2D eigenvalue weighted by atomic mass is 9.70. The van der Waals surface area contributed by atoms with E-state index < -0.39 is 22.9 Å². The third-order valence-corrected chi connectivity index (χ3v) is 8.36. The number of carbonyl (C=O) groups excluding carboxylic acids is 1. The molecule has 36 heavy (non-hydrogen) atoms. The number of aromatic nitrogens is 2. The quantitative estimate of drug-likeness (QED) is 0.624. The van der Waals surface area contributed by atoms with Crippen molar-refractivity contribution in [2.24, 2.45) is 17.3 Å². The van der Waals surface area contributed by atoms with Gasteiger partial charge < -0.3 is 24.4 Å². The summed E-state index contributed by atoms with van der Waals surface area (Å²) in [6.07, 6.45) is 0.571. The smallest absolute Gasteiger partial charge is 0.389 e. The first-order valence-electron chi connectivity index (χ1n) is 12.7. The molecule has 8 nitrogen and oxygen atoms in total. The molecule has 202 valence electrons. The highest BCUT2D eigenvalue weighted by Gasteiger charge is 2.56. The summed E-state index contributed by atoms with van der Waals surface area (Å²) in [5, 5.41) is 11.2. The Bertz CT molecular complexity index is 917. The summed E-state index contributed by atoms with van der Waals surface area (Å²) < 4.78 is 50.3. The maximum atomic E-state index is 13.9. The Balaban J connectivity index is 1.42. The second-order valence-electron chi connectivity index (χ2n) is 10.9. The molecule has 4 atom stereocenters. The summed E-state index contributed by atoms with van der Waals surface area (Å²) in [6, 6.07) is 0.849. The van der Waals surface area contributed by atoms with Crippen LogP contribution in [0.4, 0.5) is 19.1 Å². The first kappa shape index (κ1) is 27.1. The molecule has 1 saturated carbocycles. The number of carbonyl (C=O) groups is 1. The van der Waals surface area contributed by atoms with Crippen LogP contribution in [0.25, 0.3) is 0 Å². The first-order chi connectivity index (χ1) is 16.9. The van der Waals surface area contributed by atoms with Crippen LogP contribution >= 0.6 is 0 Å². The van der Waals surface area contributed by atoms with Crippen molar-refractivity contribution in [1.82, 2.24) is 14.9 Å². The zero-order chi connectivity index (χ0) is 26.1. The number of anilines is 1. The lowest BCUT2D eigenvalue weighted by Crippen LogP contribution is -2.58. The van der Waals surface area contributed by atoms with E-state index in [0.717, 1.165) is 31.5 Å². The van der Waals surface area contributed by atoms with E-state index in [2.05, 4.69) is 9.97 Å². The van der Waals surface area contributed by atoms with Crippen molar-refractivity contribution < 1.29 is 32.5 Å². The van der Waals surface area contributed by atoms with Crippen molar-refractivity contribution in [3.8, 4) is 0 Å². The number of nitrogens with zero attached hydrogens (tertiary/aromatic N) is 4. The minimum Gasteiger partial charge on any atom is -0.389 e. The average molecular weight is 515 g/mol. The molecular formula is C25H37F3N4O4. The normalized spacial score (nSPS) is 30.0. The summed E-state index contributed by atoms with van der Waals surface area (Å²) in [5.41, 5.74) is -3.07. The Labute approximate surface area is 210 Å². The topological polar surface area (TPSA) is 88.0 Å². The monoisotopic (exact) mass is 514 g/mol. The van der Waals surface area contributed by atoms with Gasteiger partial charge in [-0.15, -0.1) is 0 Å². The van der Waals surface area contributed by atoms with Gasteiger partial charge in [0.2, 0.25) is 11.9 Å². The molecule has 3 aliphatic rings. The Hall–Kier alpha value is -1.98. The molecule has 1 aromatic rings. The Kier molecular flexibility index (Phi) is 7.83. The fourth-order valence-electron chi connectivity index (χ4n) is 6.15. The molecule has 3 fully saturated rings. The molecule has 0 spiro atoms. The van der Waals surface area contributed by atoms with E-state index in [9.17, 15) is 23.1 Å². The molecule has 2 unspecified atom stereocenters. The van der Waals surface area contributed by atoms with Gasteiger partial charge in [-0.3, -0.25) is 4.79 Å². The molecule has 3 heterocycles. The highest BCUT2D eigenvalue weighted by Crippen LogP contribution is 2.52. The summed E-state index contributed by atoms with van der Waals surface area (Å²) in [7, 11) is 1.70. The molecule has 0 radical (unpaired) electrons. The van der Waals surface area contributed by atoms with Gasteiger partial charge in [0.1, 0.15) is 5.69 Å². The molecule has 0 aromatic carbocycles. The molecule has 2 saturated heterocycles. The number of alkyl halides is 3. The van der Waals surface area contributed by atoms with Crippen molar-refractivity contribution >= 4 is 11.9 Å². The fraction of sp³-hybridized carbons (Fsp3) is 0.800. The summed E-state index contributed by atoms with van der Waals surface area (Å²) in [6.45, 7) is 6.07. The van der Waals surface area contributed by atoms with Crippen LogP contribution in [0.1, 0.15) is 51.6 Å². The van der Waals surface area contributed by atoms with Gasteiger partial charge >= 0.3 is 6.18 Å². The van der Waals surface area contributed by atoms with Crippen LogP contribution in [-0.4, -0.2) is 84.1 Å². The number of hydrogen-bond acceptors (Lipinski definition) is 7. The highest BCUT2D eigenvalue weighted by atomic mass is 19.4. The second-order valence-corrected chi connectivity index (χ2v) is 10.9. The maximum absolute atomic E-state index is 13.9. The molecule has 4 rings (SSSR count). The number of ether oxygens (including phenoxy) is 2. The summed E-state index contributed by atoms with van der Waals surface area (Å²) >= 11 is 0. The van der Waals surface area contributed by atoms with E-state index in [-0.39, 0.29) is 18.0 Å². The van der Waals surface area contributed by atoms with Gasteiger partial charge in [-0.1, -0.05) is 0 Å². The van der Waals surface area contributed by atoms with Crippen molar-refractivity contribution in [3.63, 3.8) is 0 Å². The lowest BCUT2D eigenvalue weighted by Gasteiger charge is -2.45. The van der Waals surface area contributed by atoms with Gasteiger partial charge in [-0.2, -0.15) is 13.2 Å². The van der Waals surface area contributed by atoms with Gasteiger partial charge in [0, 0.05) is 46.1 Å². The number of rotatable bonds is 6. The first-order valence-corrected chi connectivity index (χ1v) is 12.7. The van der Waals surface area contributed by atoms with Crippen LogP contribution in [0.2, 0.25) is 0 Å². The predicted octanol–water partition coefficient (Wildman–Crippen LogP) is 3.14. The molecule has 11 heteroatoms. The second kappa shape index (κ2) is 10.4. The minimum absolute atomic E-state index is 0.0132. The zero-order valence-electron chi connectivity index (χ0n) is 21.3. The molecule has 1 N–H and O–H groups in total. The number of aliphatic hydroxyl groups is 1. The van der Waals surface area contributed by atoms with Crippen molar-refractivity contribution in [2.75, 3.05) is 51.4 Å². The summed E-state index contributed by atoms with van der Waals surface area (Å²) in [5.74, 6) is 0.620. The lowest BCUT2D eigenvalue weighted by molar-refractivity contribution is -0.158. The van der Waals surface area contributed by atoms with E-state index in [1.807, 2.05) is 0 Å². The van der Waals surface area contributed by atoms with E-state index in [4.69, 9.17) is 9.47 Å². The van der Waals surface area contributed by atoms with Crippen LogP contribution < -0.4 is 4.90 Å². The van der Waals surface area contributed by atoms with Crippen LogP contribution in [0, 0.1) is 17.3 Å². The SMILES string of the molecule is COC1COCCC1C[C@@H]1CC[C@@](C(=O)N2CCN(c3nccc(C(F)(F)F)n3)CC2)(C(C)(C)O)C1. The van der Waals surface area contributed by atoms with Crippen LogP contribution in [-0.2, 0) is 20.4 Å². The fourth-order valence-corrected chi connectivity index (χ4v) is 6.15. The van der Waals surface area contributed by atoms with E-state index in [0.29, 0.717) is 64.1 Å². The third kappa shape index (κ3) is 5.47. The van der Waals surface area contributed by atoms with Crippen LogP contribution in [0.15, 0.2) is 12.3 Å². The zero-order valence-corrected chi connectivity index (χ0v) is 21.3. The highest BCUT2D eigenvalue weighted by molar-refractivity contribution is 5.84. The van der Waals surface area contributed by atoms with Crippen molar-refractivity contribution in [1.29, 1.82) is 0 Å². The van der Waals surface area contributed by atoms with E-state index in [1.54, 1.807) is 30.8 Å². The number of amides is 1. The number of hydrogen-bond donors (Lipinski definition) is 1. The largest absolute Gasteiger partial charge is 0.433 e.